The number of carbonyl (C=O) groups excluding carboxylic acids is 1. The maximum absolute atomic E-state index is 11.8. The van der Waals surface area contributed by atoms with Crippen molar-refractivity contribution in [1.82, 2.24) is 10.6 Å². The largest absolute Gasteiger partial charge is 0.348 e. The molecule has 17 heavy (non-hydrogen) atoms. The normalized spacial score (nSPS) is 14.8. The Morgan fingerprint density at radius 3 is 3.00 bits per heavy atom. The molecule has 3 nitrogen and oxygen atoms in total. The first-order chi connectivity index (χ1) is 7.77. The summed E-state index contributed by atoms with van der Waals surface area (Å²) in [5.74, 6) is 0.00121. The van der Waals surface area contributed by atoms with E-state index in [1.54, 1.807) is 0 Å². The van der Waals surface area contributed by atoms with Gasteiger partial charge in [-0.1, -0.05) is 11.6 Å². The third kappa shape index (κ3) is 4.10. The number of halogens is 2. The highest BCUT2D eigenvalue weighted by Crippen LogP contribution is 2.22. The Hall–Kier alpha value is -0.360. The van der Waals surface area contributed by atoms with Gasteiger partial charge in [-0.05, 0) is 40.3 Å². The van der Waals surface area contributed by atoms with E-state index in [2.05, 4.69) is 32.6 Å². The maximum Gasteiger partial charge on any atom is 0.262 e. The van der Waals surface area contributed by atoms with Crippen LogP contribution < -0.4 is 10.6 Å². The molecule has 1 aliphatic rings. The van der Waals surface area contributed by atoms with Crippen LogP contribution in [0.5, 0.6) is 0 Å². The molecule has 1 aromatic rings. The van der Waals surface area contributed by atoms with E-state index < -0.39 is 0 Å². The van der Waals surface area contributed by atoms with E-state index in [0.29, 0.717) is 6.54 Å². The lowest BCUT2D eigenvalue weighted by Crippen LogP contribution is -2.29. The molecule has 0 unspecified atom stereocenters. The van der Waals surface area contributed by atoms with Gasteiger partial charge in [0.1, 0.15) is 4.88 Å². The molecule has 0 atom stereocenters. The molecule has 1 amide bonds. The van der Waals surface area contributed by atoms with Crippen LogP contribution in [0.4, 0.5) is 0 Å². The molecular formula is C11H14BrClN2OS. The molecule has 6 heteroatoms. The minimum absolute atomic E-state index is 0. The molecule has 0 radical (unpaired) electrons. The Morgan fingerprint density at radius 1 is 1.59 bits per heavy atom. The number of carbonyl (C=O) groups is 1. The molecule has 0 saturated carbocycles. The standard InChI is InChI=1S/C11H13BrN2OS.ClH/c12-9-3-6-16-10(9)11(15)14-7-8-1-4-13-5-2-8;/h1,3,6,13H,2,4-5,7H2,(H,14,15);1H. The smallest absolute Gasteiger partial charge is 0.262 e. The van der Waals surface area contributed by atoms with Gasteiger partial charge in [-0.15, -0.1) is 23.7 Å². The Balaban J connectivity index is 0.00000144. The quantitative estimate of drug-likeness (QED) is 0.832. The fraction of sp³-hybridized carbons (Fsp3) is 0.364. The van der Waals surface area contributed by atoms with Crippen LogP contribution in [0, 0.1) is 0 Å². The van der Waals surface area contributed by atoms with Gasteiger partial charge in [0.25, 0.3) is 5.91 Å². The van der Waals surface area contributed by atoms with E-state index in [1.165, 1.54) is 16.9 Å². The lowest BCUT2D eigenvalue weighted by Gasteiger charge is -2.14. The minimum Gasteiger partial charge on any atom is -0.348 e. The fourth-order valence-corrected chi connectivity index (χ4v) is 3.03. The van der Waals surface area contributed by atoms with Crippen molar-refractivity contribution in [3.63, 3.8) is 0 Å². The van der Waals surface area contributed by atoms with Crippen LogP contribution in [0.15, 0.2) is 27.6 Å². The van der Waals surface area contributed by atoms with E-state index in [-0.39, 0.29) is 18.3 Å². The maximum atomic E-state index is 11.8. The molecule has 0 saturated heterocycles. The lowest BCUT2D eigenvalue weighted by molar-refractivity contribution is 0.0960. The van der Waals surface area contributed by atoms with Crippen LogP contribution in [0.3, 0.4) is 0 Å². The molecule has 0 bridgehead atoms. The molecule has 2 heterocycles. The third-order valence-corrected chi connectivity index (χ3v) is 4.29. The van der Waals surface area contributed by atoms with Gasteiger partial charge < -0.3 is 10.6 Å². The SMILES string of the molecule is Cl.O=C(NCC1=CCNCC1)c1sccc1Br. The van der Waals surface area contributed by atoms with E-state index >= 15 is 0 Å². The molecule has 94 valence electrons. The second kappa shape index (κ2) is 7.16. The molecule has 0 fully saturated rings. The average molecular weight is 338 g/mol. The van der Waals surface area contributed by atoms with Crippen molar-refractivity contribution in [2.75, 3.05) is 19.6 Å². The summed E-state index contributed by atoms with van der Waals surface area (Å²) < 4.78 is 0.870. The lowest BCUT2D eigenvalue weighted by atomic mass is 10.1. The predicted molar refractivity (Wildman–Crippen MR) is 77.2 cm³/mol. The van der Waals surface area contributed by atoms with E-state index in [9.17, 15) is 4.79 Å². The second-order valence-corrected chi connectivity index (χ2v) is 5.37. The zero-order chi connectivity index (χ0) is 11.4. The highest BCUT2D eigenvalue weighted by molar-refractivity contribution is 9.10. The van der Waals surface area contributed by atoms with Gasteiger partial charge in [0.05, 0.1) is 0 Å². The summed E-state index contributed by atoms with van der Waals surface area (Å²) in [5, 5.41) is 8.09. The number of hydrogen-bond donors (Lipinski definition) is 2. The van der Waals surface area contributed by atoms with E-state index in [4.69, 9.17) is 0 Å². The first kappa shape index (κ1) is 14.7. The summed E-state index contributed by atoms with van der Waals surface area (Å²) in [4.78, 5) is 12.5. The van der Waals surface area contributed by atoms with Gasteiger partial charge in [0.2, 0.25) is 0 Å². The minimum atomic E-state index is 0. The average Bonchev–Trinajstić information content (AvgIpc) is 2.74. The molecule has 0 aromatic carbocycles. The molecule has 2 N–H and O–H groups in total. The zero-order valence-electron chi connectivity index (χ0n) is 9.16. The summed E-state index contributed by atoms with van der Waals surface area (Å²) in [5.41, 5.74) is 1.31. The van der Waals surface area contributed by atoms with Crippen molar-refractivity contribution in [3.8, 4) is 0 Å². The number of nitrogens with one attached hydrogen (secondary N) is 2. The molecule has 0 aliphatic carbocycles. The molecule has 2 rings (SSSR count). The van der Waals surface area contributed by atoms with Crippen molar-refractivity contribution in [2.24, 2.45) is 0 Å². The van der Waals surface area contributed by atoms with Crippen molar-refractivity contribution in [3.05, 3.63) is 32.4 Å². The van der Waals surface area contributed by atoms with Crippen molar-refractivity contribution >= 4 is 45.6 Å². The Bertz CT molecular complexity index is 419. The van der Waals surface area contributed by atoms with Crippen LogP contribution >= 0.6 is 39.7 Å². The van der Waals surface area contributed by atoms with Crippen molar-refractivity contribution in [1.29, 1.82) is 0 Å². The van der Waals surface area contributed by atoms with Gasteiger partial charge in [0.15, 0.2) is 0 Å². The number of thiophene rings is 1. The fourth-order valence-electron chi connectivity index (χ4n) is 1.56. The second-order valence-electron chi connectivity index (χ2n) is 3.60. The van der Waals surface area contributed by atoms with Crippen LogP contribution in [-0.4, -0.2) is 25.5 Å². The molecule has 1 aromatic heterocycles. The monoisotopic (exact) mass is 336 g/mol. The molecular weight excluding hydrogens is 324 g/mol. The van der Waals surface area contributed by atoms with Crippen LogP contribution in [0.2, 0.25) is 0 Å². The number of amides is 1. The van der Waals surface area contributed by atoms with Gasteiger partial charge in [0, 0.05) is 17.6 Å². The number of rotatable bonds is 3. The zero-order valence-corrected chi connectivity index (χ0v) is 12.4. The Labute approximate surface area is 119 Å². The first-order valence-electron chi connectivity index (χ1n) is 5.17. The summed E-state index contributed by atoms with van der Waals surface area (Å²) in [6.45, 7) is 2.57. The summed E-state index contributed by atoms with van der Waals surface area (Å²) in [6, 6.07) is 1.89. The van der Waals surface area contributed by atoms with Gasteiger partial charge >= 0.3 is 0 Å². The molecule has 1 aliphatic heterocycles. The Kier molecular flexibility index (Phi) is 6.19. The highest BCUT2D eigenvalue weighted by Gasteiger charge is 2.11. The van der Waals surface area contributed by atoms with Gasteiger partial charge in [-0.3, -0.25) is 4.79 Å². The third-order valence-electron chi connectivity index (χ3n) is 2.46. The van der Waals surface area contributed by atoms with Crippen molar-refractivity contribution < 1.29 is 4.79 Å². The van der Waals surface area contributed by atoms with Crippen LogP contribution in [0.25, 0.3) is 0 Å². The van der Waals surface area contributed by atoms with Gasteiger partial charge in [-0.25, -0.2) is 0 Å². The van der Waals surface area contributed by atoms with Crippen LogP contribution in [0.1, 0.15) is 16.1 Å². The molecule has 0 spiro atoms. The number of hydrogen-bond acceptors (Lipinski definition) is 3. The van der Waals surface area contributed by atoms with Crippen LogP contribution in [-0.2, 0) is 0 Å². The summed E-state index contributed by atoms with van der Waals surface area (Å²) >= 11 is 4.81. The van der Waals surface area contributed by atoms with Gasteiger partial charge in [-0.2, -0.15) is 0 Å². The van der Waals surface area contributed by atoms with Crippen molar-refractivity contribution in [2.45, 2.75) is 6.42 Å². The van der Waals surface area contributed by atoms with E-state index in [0.717, 1.165) is 28.9 Å². The predicted octanol–water partition coefficient (Wildman–Crippen LogP) is 2.58. The van der Waals surface area contributed by atoms with E-state index in [1.807, 2.05) is 11.4 Å². The summed E-state index contributed by atoms with van der Waals surface area (Å²) in [7, 11) is 0. The topological polar surface area (TPSA) is 41.1 Å². The Morgan fingerprint density at radius 2 is 2.41 bits per heavy atom. The summed E-state index contributed by atoms with van der Waals surface area (Å²) in [6.07, 6.45) is 3.17. The highest BCUT2D eigenvalue weighted by atomic mass is 79.9. The first-order valence-corrected chi connectivity index (χ1v) is 6.84.